The van der Waals surface area contributed by atoms with Crippen LogP contribution in [0.1, 0.15) is 11.3 Å². The van der Waals surface area contributed by atoms with Crippen molar-refractivity contribution in [3.8, 4) is 5.75 Å². The van der Waals surface area contributed by atoms with Crippen molar-refractivity contribution in [2.24, 2.45) is 0 Å². The molecule has 0 fully saturated rings. The number of rotatable bonds is 3. The smallest absolute Gasteiger partial charge is 0.166 e. The Morgan fingerprint density at radius 3 is 2.78 bits per heavy atom. The first-order chi connectivity index (χ1) is 8.58. The van der Waals surface area contributed by atoms with Gasteiger partial charge in [-0.2, -0.15) is 0 Å². The second-order valence-corrected chi connectivity index (χ2v) is 4.23. The number of anilines is 1. The van der Waals surface area contributed by atoms with Gasteiger partial charge in [-0.15, -0.1) is 0 Å². The number of halogens is 2. The van der Waals surface area contributed by atoms with Crippen LogP contribution in [-0.2, 0) is 6.61 Å². The fourth-order valence-corrected chi connectivity index (χ4v) is 1.72. The van der Waals surface area contributed by atoms with Crippen LogP contribution in [0, 0.1) is 12.7 Å². The molecule has 3 nitrogen and oxygen atoms in total. The molecule has 0 radical (unpaired) electrons. The molecule has 94 valence electrons. The van der Waals surface area contributed by atoms with E-state index >= 15 is 0 Å². The molecular weight excluding hydrogens is 255 g/mol. The lowest BCUT2D eigenvalue weighted by Crippen LogP contribution is -2.03. The Balaban J connectivity index is 2.16. The van der Waals surface area contributed by atoms with Crippen molar-refractivity contribution in [2.45, 2.75) is 13.5 Å². The number of ether oxygens (including phenoxy) is 1. The minimum Gasteiger partial charge on any atom is -0.485 e. The molecule has 0 unspecified atom stereocenters. The van der Waals surface area contributed by atoms with Gasteiger partial charge in [0.1, 0.15) is 12.4 Å². The molecule has 0 saturated heterocycles. The number of aromatic nitrogens is 1. The van der Waals surface area contributed by atoms with Gasteiger partial charge in [0.25, 0.3) is 0 Å². The quantitative estimate of drug-likeness (QED) is 0.927. The zero-order chi connectivity index (χ0) is 13.1. The Labute approximate surface area is 109 Å². The Morgan fingerprint density at radius 1 is 1.33 bits per heavy atom. The molecule has 0 spiro atoms. The highest BCUT2D eigenvalue weighted by atomic mass is 35.5. The fourth-order valence-electron chi connectivity index (χ4n) is 1.51. The predicted octanol–water partition coefficient (Wildman–Crippen LogP) is 3.34. The molecule has 0 aliphatic rings. The van der Waals surface area contributed by atoms with Gasteiger partial charge < -0.3 is 10.5 Å². The van der Waals surface area contributed by atoms with E-state index in [1.165, 1.54) is 6.07 Å². The number of benzene rings is 1. The summed E-state index contributed by atoms with van der Waals surface area (Å²) in [5.41, 5.74) is 6.80. The SMILES string of the molecule is Cc1ccc(OCc2c(F)cccc2Cl)c(N)n1. The van der Waals surface area contributed by atoms with Crippen molar-refractivity contribution < 1.29 is 9.13 Å². The first kappa shape index (κ1) is 12.6. The Bertz CT molecular complexity index is 555. The van der Waals surface area contributed by atoms with Gasteiger partial charge in [-0.3, -0.25) is 0 Å². The van der Waals surface area contributed by atoms with Crippen molar-refractivity contribution in [1.82, 2.24) is 4.98 Å². The van der Waals surface area contributed by atoms with Crippen molar-refractivity contribution >= 4 is 17.4 Å². The van der Waals surface area contributed by atoms with E-state index < -0.39 is 5.82 Å². The van der Waals surface area contributed by atoms with Crippen LogP contribution in [0.15, 0.2) is 30.3 Å². The van der Waals surface area contributed by atoms with Gasteiger partial charge in [-0.05, 0) is 31.2 Å². The molecule has 2 rings (SSSR count). The third-order valence-electron chi connectivity index (χ3n) is 2.46. The highest BCUT2D eigenvalue weighted by molar-refractivity contribution is 6.31. The van der Waals surface area contributed by atoms with E-state index in [2.05, 4.69) is 4.98 Å². The van der Waals surface area contributed by atoms with Crippen LogP contribution in [0.3, 0.4) is 0 Å². The molecule has 5 heteroatoms. The zero-order valence-electron chi connectivity index (χ0n) is 9.78. The molecule has 0 atom stereocenters. The van der Waals surface area contributed by atoms with Crippen LogP contribution in [0.4, 0.5) is 10.2 Å². The second kappa shape index (κ2) is 5.23. The maximum absolute atomic E-state index is 13.5. The van der Waals surface area contributed by atoms with E-state index in [4.69, 9.17) is 22.1 Å². The van der Waals surface area contributed by atoms with E-state index in [-0.39, 0.29) is 12.4 Å². The van der Waals surface area contributed by atoms with E-state index in [1.807, 2.05) is 6.92 Å². The lowest BCUT2D eigenvalue weighted by molar-refractivity contribution is 0.300. The van der Waals surface area contributed by atoms with Gasteiger partial charge in [0.2, 0.25) is 0 Å². The third kappa shape index (κ3) is 2.71. The van der Waals surface area contributed by atoms with Gasteiger partial charge in [0, 0.05) is 11.3 Å². The molecule has 1 heterocycles. The molecule has 1 aromatic carbocycles. The predicted molar refractivity (Wildman–Crippen MR) is 69.1 cm³/mol. The average molecular weight is 267 g/mol. The zero-order valence-corrected chi connectivity index (χ0v) is 10.5. The number of aryl methyl sites for hydroxylation is 1. The van der Waals surface area contributed by atoms with E-state index in [0.29, 0.717) is 16.3 Å². The third-order valence-corrected chi connectivity index (χ3v) is 2.81. The van der Waals surface area contributed by atoms with E-state index in [0.717, 1.165) is 5.69 Å². The Morgan fingerprint density at radius 2 is 2.11 bits per heavy atom. The number of hydrogen-bond acceptors (Lipinski definition) is 3. The van der Waals surface area contributed by atoms with Crippen molar-refractivity contribution in [1.29, 1.82) is 0 Å². The largest absolute Gasteiger partial charge is 0.485 e. The fraction of sp³-hybridized carbons (Fsp3) is 0.154. The summed E-state index contributed by atoms with van der Waals surface area (Å²) in [7, 11) is 0. The maximum atomic E-state index is 13.5. The van der Waals surface area contributed by atoms with Gasteiger partial charge in [-0.25, -0.2) is 9.37 Å². The van der Waals surface area contributed by atoms with Crippen LogP contribution >= 0.6 is 11.6 Å². The normalized spacial score (nSPS) is 10.4. The van der Waals surface area contributed by atoms with Gasteiger partial charge >= 0.3 is 0 Å². The molecule has 2 aromatic rings. The number of nitrogens with zero attached hydrogens (tertiary/aromatic N) is 1. The minimum atomic E-state index is -0.402. The lowest BCUT2D eigenvalue weighted by Gasteiger charge is -2.10. The van der Waals surface area contributed by atoms with Gasteiger partial charge in [0.15, 0.2) is 11.6 Å². The molecule has 18 heavy (non-hydrogen) atoms. The Hall–Kier alpha value is -1.81. The summed E-state index contributed by atoms with van der Waals surface area (Å²) in [6.07, 6.45) is 0. The molecular formula is C13H12ClFN2O. The van der Waals surface area contributed by atoms with Crippen molar-refractivity contribution in [2.75, 3.05) is 5.73 Å². The number of nitrogen functional groups attached to an aromatic ring is 1. The summed E-state index contributed by atoms with van der Waals surface area (Å²) in [6.45, 7) is 1.84. The first-order valence-electron chi connectivity index (χ1n) is 5.36. The Kier molecular flexibility index (Phi) is 3.67. The van der Waals surface area contributed by atoms with Crippen molar-refractivity contribution in [3.05, 3.63) is 52.4 Å². The van der Waals surface area contributed by atoms with Crippen LogP contribution in [0.5, 0.6) is 5.75 Å². The van der Waals surface area contributed by atoms with Crippen LogP contribution in [0.2, 0.25) is 5.02 Å². The summed E-state index contributed by atoms with van der Waals surface area (Å²) in [5.74, 6) is 0.295. The summed E-state index contributed by atoms with van der Waals surface area (Å²) < 4.78 is 18.9. The second-order valence-electron chi connectivity index (χ2n) is 3.82. The molecule has 0 amide bonds. The molecule has 0 aliphatic heterocycles. The van der Waals surface area contributed by atoms with Gasteiger partial charge in [-0.1, -0.05) is 17.7 Å². The maximum Gasteiger partial charge on any atom is 0.166 e. The molecule has 0 aliphatic carbocycles. The summed E-state index contributed by atoms with van der Waals surface area (Å²) in [6, 6.07) is 7.96. The monoisotopic (exact) mass is 266 g/mol. The van der Waals surface area contributed by atoms with Crippen molar-refractivity contribution in [3.63, 3.8) is 0 Å². The first-order valence-corrected chi connectivity index (χ1v) is 5.74. The number of pyridine rings is 1. The molecule has 2 N–H and O–H groups in total. The number of nitrogens with two attached hydrogens (primary N) is 1. The lowest BCUT2D eigenvalue weighted by atomic mass is 10.2. The van der Waals surface area contributed by atoms with Gasteiger partial charge in [0.05, 0.1) is 5.02 Å². The summed E-state index contributed by atoms with van der Waals surface area (Å²) >= 11 is 5.89. The summed E-state index contributed by atoms with van der Waals surface area (Å²) in [5, 5.41) is 0.327. The van der Waals surface area contributed by atoms with Crippen LogP contribution in [-0.4, -0.2) is 4.98 Å². The van der Waals surface area contributed by atoms with Crippen LogP contribution in [0.25, 0.3) is 0 Å². The highest BCUT2D eigenvalue weighted by Gasteiger charge is 2.09. The minimum absolute atomic E-state index is 0.0143. The standard InChI is InChI=1S/C13H12ClFN2O/c1-8-5-6-12(13(16)17-8)18-7-9-10(14)3-2-4-11(9)15/h2-6H,7H2,1H3,(H2,16,17). The average Bonchev–Trinajstić information content (AvgIpc) is 2.31. The number of hydrogen-bond donors (Lipinski definition) is 1. The molecule has 0 saturated carbocycles. The summed E-state index contributed by atoms with van der Waals surface area (Å²) in [4.78, 5) is 4.06. The molecule has 0 bridgehead atoms. The topological polar surface area (TPSA) is 48.1 Å². The van der Waals surface area contributed by atoms with Crippen LogP contribution < -0.4 is 10.5 Å². The highest BCUT2D eigenvalue weighted by Crippen LogP contribution is 2.24. The van der Waals surface area contributed by atoms with E-state index in [9.17, 15) is 4.39 Å². The van der Waals surface area contributed by atoms with E-state index in [1.54, 1.807) is 24.3 Å². The molecule has 1 aromatic heterocycles.